The minimum absolute atomic E-state index is 0.488. The third-order valence-electron chi connectivity index (χ3n) is 2.25. The van der Waals surface area contributed by atoms with Gasteiger partial charge in [0.15, 0.2) is 0 Å². The molecule has 2 nitrogen and oxygen atoms in total. The van der Waals surface area contributed by atoms with Crippen LogP contribution in [-0.4, -0.2) is 4.98 Å². The first-order chi connectivity index (χ1) is 7.78. The summed E-state index contributed by atoms with van der Waals surface area (Å²) >= 11 is 1.73. The van der Waals surface area contributed by atoms with Crippen molar-refractivity contribution in [2.45, 2.75) is 23.3 Å². The second-order valence-corrected chi connectivity index (χ2v) is 4.75. The highest BCUT2D eigenvalue weighted by molar-refractivity contribution is 7.99. The van der Waals surface area contributed by atoms with E-state index >= 15 is 0 Å². The van der Waals surface area contributed by atoms with Gasteiger partial charge in [0, 0.05) is 22.5 Å². The van der Waals surface area contributed by atoms with E-state index in [0.29, 0.717) is 6.54 Å². The molecule has 0 fully saturated rings. The quantitative estimate of drug-likeness (QED) is 0.881. The fraction of sp³-hybridized carbons (Fsp3) is 0.154. The minimum atomic E-state index is 0.488. The largest absolute Gasteiger partial charge is 0.325 e. The van der Waals surface area contributed by atoms with Crippen molar-refractivity contribution in [1.29, 1.82) is 0 Å². The Kier molecular flexibility index (Phi) is 3.59. The van der Waals surface area contributed by atoms with Crippen LogP contribution in [0.5, 0.6) is 0 Å². The SMILES string of the molecule is Cc1ccc(Sc2ccnc(CN)c2)cc1. The van der Waals surface area contributed by atoms with Gasteiger partial charge in [-0.1, -0.05) is 29.5 Å². The van der Waals surface area contributed by atoms with Crippen molar-refractivity contribution >= 4 is 11.8 Å². The predicted octanol–water partition coefficient (Wildman–Crippen LogP) is 3.00. The third kappa shape index (κ3) is 2.84. The molecule has 0 saturated heterocycles. The average molecular weight is 230 g/mol. The summed E-state index contributed by atoms with van der Waals surface area (Å²) in [6.07, 6.45) is 1.80. The van der Waals surface area contributed by atoms with Gasteiger partial charge in [-0.3, -0.25) is 4.98 Å². The van der Waals surface area contributed by atoms with E-state index in [-0.39, 0.29) is 0 Å². The lowest BCUT2D eigenvalue weighted by molar-refractivity contribution is 0.976. The standard InChI is InChI=1S/C13H14N2S/c1-10-2-4-12(5-3-10)16-13-6-7-15-11(8-13)9-14/h2-8H,9,14H2,1H3. The van der Waals surface area contributed by atoms with Crippen LogP contribution in [0.3, 0.4) is 0 Å². The van der Waals surface area contributed by atoms with Crippen LogP contribution >= 0.6 is 11.8 Å². The molecule has 0 saturated carbocycles. The van der Waals surface area contributed by atoms with E-state index in [2.05, 4.69) is 36.2 Å². The number of benzene rings is 1. The van der Waals surface area contributed by atoms with Crippen LogP contribution in [0.15, 0.2) is 52.4 Å². The van der Waals surface area contributed by atoms with Gasteiger partial charge >= 0.3 is 0 Å². The lowest BCUT2D eigenvalue weighted by Crippen LogP contribution is -1.98. The number of hydrogen-bond donors (Lipinski definition) is 1. The van der Waals surface area contributed by atoms with Gasteiger partial charge in [0.2, 0.25) is 0 Å². The highest BCUT2D eigenvalue weighted by atomic mass is 32.2. The molecule has 0 aliphatic rings. The molecule has 0 aliphatic heterocycles. The smallest absolute Gasteiger partial charge is 0.0550 e. The first-order valence-corrected chi connectivity index (χ1v) is 5.99. The van der Waals surface area contributed by atoms with Gasteiger partial charge in [0.25, 0.3) is 0 Å². The molecule has 1 aromatic heterocycles. The molecule has 1 aromatic carbocycles. The first-order valence-electron chi connectivity index (χ1n) is 5.17. The van der Waals surface area contributed by atoms with Crippen LogP contribution in [0.2, 0.25) is 0 Å². The molecule has 0 spiro atoms. The number of nitrogens with two attached hydrogens (primary N) is 1. The van der Waals surface area contributed by atoms with E-state index in [0.717, 1.165) is 5.69 Å². The minimum Gasteiger partial charge on any atom is -0.325 e. The molecule has 3 heteroatoms. The van der Waals surface area contributed by atoms with E-state index in [1.807, 2.05) is 12.1 Å². The summed E-state index contributed by atoms with van der Waals surface area (Å²) in [7, 11) is 0. The fourth-order valence-corrected chi connectivity index (χ4v) is 2.24. The maximum atomic E-state index is 5.56. The van der Waals surface area contributed by atoms with E-state index < -0.39 is 0 Å². The number of aryl methyl sites for hydroxylation is 1. The molecule has 2 rings (SSSR count). The molecule has 82 valence electrons. The van der Waals surface area contributed by atoms with Gasteiger partial charge in [-0.25, -0.2) is 0 Å². The molecule has 1 heterocycles. The third-order valence-corrected chi connectivity index (χ3v) is 3.25. The Hall–Kier alpha value is -1.32. The van der Waals surface area contributed by atoms with Crippen molar-refractivity contribution in [3.63, 3.8) is 0 Å². The molecule has 0 atom stereocenters. The Morgan fingerprint density at radius 2 is 1.88 bits per heavy atom. The van der Waals surface area contributed by atoms with Crippen LogP contribution in [0.25, 0.3) is 0 Å². The monoisotopic (exact) mass is 230 g/mol. The number of hydrogen-bond acceptors (Lipinski definition) is 3. The highest BCUT2D eigenvalue weighted by Gasteiger charge is 1.98. The van der Waals surface area contributed by atoms with Crippen molar-refractivity contribution in [1.82, 2.24) is 4.98 Å². The van der Waals surface area contributed by atoms with Crippen molar-refractivity contribution in [3.8, 4) is 0 Å². The summed E-state index contributed by atoms with van der Waals surface area (Å²) in [5, 5.41) is 0. The zero-order valence-corrected chi connectivity index (χ0v) is 10.00. The predicted molar refractivity (Wildman–Crippen MR) is 67.4 cm³/mol. The summed E-state index contributed by atoms with van der Waals surface area (Å²) in [5.41, 5.74) is 7.77. The molecule has 0 bridgehead atoms. The Balaban J connectivity index is 2.16. The molecular weight excluding hydrogens is 216 g/mol. The van der Waals surface area contributed by atoms with Crippen LogP contribution in [0, 0.1) is 6.92 Å². The van der Waals surface area contributed by atoms with E-state index in [4.69, 9.17) is 5.73 Å². The van der Waals surface area contributed by atoms with Gasteiger partial charge in [-0.05, 0) is 31.2 Å². The molecular formula is C13H14N2S. The zero-order valence-electron chi connectivity index (χ0n) is 9.18. The van der Waals surface area contributed by atoms with E-state index in [1.165, 1.54) is 15.4 Å². The molecule has 0 unspecified atom stereocenters. The summed E-state index contributed by atoms with van der Waals surface area (Å²) in [6.45, 7) is 2.58. The van der Waals surface area contributed by atoms with Crippen molar-refractivity contribution in [2.24, 2.45) is 5.73 Å². The number of nitrogens with zero attached hydrogens (tertiary/aromatic N) is 1. The molecule has 2 N–H and O–H groups in total. The molecule has 0 radical (unpaired) electrons. The topological polar surface area (TPSA) is 38.9 Å². The molecule has 0 amide bonds. The maximum Gasteiger partial charge on any atom is 0.0550 e. The normalized spacial score (nSPS) is 10.4. The van der Waals surface area contributed by atoms with Crippen molar-refractivity contribution in [3.05, 3.63) is 53.9 Å². The number of pyridine rings is 1. The first kappa shape index (κ1) is 11.2. The fourth-order valence-electron chi connectivity index (χ4n) is 1.37. The van der Waals surface area contributed by atoms with Crippen LogP contribution in [0.1, 0.15) is 11.3 Å². The molecule has 16 heavy (non-hydrogen) atoms. The summed E-state index contributed by atoms with van der Waals surface area (Å²) in [6, 6.07) is 12.5. The number of rotatable bonds is 3. The maximum absolute atomic E-state index is 5.56. The summed E-state index contributed by atoms with van der Waals surface area (Å²) in [5.74, 6) is 0. The van der Waals surface area contributed by atoms with E-state index in [1.54, 1.807) is 18.0 Å². The molecule has 0 aliphatic carbocycles. The average Bonchev–Trinajstić information content (AvgIpc) is 2.32. The summed E-state index contributed by atoms with van der Waals surface area (Å²) in [4.78, 5) is 6.59. The second-order valence-electron chi connectivity index (χ2n) is 3.60. The highest BCUT2D eigenvalue weighted by Crippen LogP contribution is 2.27. The van der Waals surface area contributed by atoms with Crippen LogP contribution in [-0.2, 0) is 6.54 Å². The van der Waals surface area contributed by atoms with E-state index in [9.17, 15) is 0 Å². The Morgan fingerprint density at radius 1 is 1.12 bits per heavy atom. The van der Waals surface area contributed by atoms with Crippen LogP contribution in [0.4, 0.5) is 0 Å². The Labute approximate surface area is 99.9 Å². The van der Waals surface area contributed by atoms with Crippen molar-refractivity contribution < 1.29 is 0 Å². The lowest BCUT2D eigenvalue weighted by atomic mass is 10.2. The van der Waals surface area contributed by atoms with Crippen molar-refractivity contribution in [2.75, 3.05) is 0 Å². The van der Waals surface area contributed by atoms with Crippen LogP contribution < -0.4 is 5.73 Å². The second kappa shape index (κ2) is 5.14. The lowest BCUT2D eigenvalue weighted by Gasteiger charge is -2.03. The molecule has 2 aromatic rings. The van der Waals surface area contributed by atoms with Gasteiger partial charge < -0.3 is 5.73 Å². The van der Waals surface area contributed by atoms with Gasteiger partial charge in [0.1, 0.15) is 0 Å². The number of aromatic nitrogens is 1. The summed E-state index contributed by atoms with van der Waals surface area (Å²) < 4.78 is 0. The Morgan fingerprint density at radius 3 is 2.56 bits per heavy atom. The Bertz CT molecular complexity index is 466. The van der Waals surface area contributed by atoms with Gasteiger partial charge in [0.05, 0.1) is 5.69 Å². The van der Waals surface area contributed by atoms with Gasteiger partial charge in [-0.15, -0.1) is 0 Å². The zero-order chi connectivity index (χ0) is 11.4. The van der Waals surface area contributed by atoms with Gasteiger partial charge in [-0.2, -0.15) is 0 Å².